The van der Waals surface area contributed by atoms with Gasteiger partial charge in [-0.25, -0.2) is 18.9 Å². The van der Waals surface area contributed by atoms with E-state index >= 15 is 0 Å². The molecule has 1 atom stereocenters. The molecule has 2 fully saturated rings. The summed E-state index contributed by atoms with van der Waals surface area (Å²) >= 11 is 1.96. The predicted octanol–water partition coefficient (Wildman–Crippen LogP) is 2.78. The topological polar surface area (TPSA) is 63.5 Å². The van der Waals surface area contributed by atoms with Gasteiger partial charge in [0.15, 0.2) is 0 Å². The average molecular weight is 391 g/mol. The van der Waals surface area contributed by atoms with Crippen LogP contribution in [-0.4, -0.2) is 58.1 Å². The summed E-state index contributed by atoms with van der Waals surface area (Å²) < 4.78 is 21.8. The molecule has 0 unspecified atom stereocenters. The minimum Gasteiger partial charge on any atom is -0.442 e. The Morgan fingerprint density at radius 2 is 2.07 bits per heavy atom. The average Bonchev–Trinajstić information content (AvgIpc) is 3.25. The monoisotopic (exact) mass is 391 g/mol. The van der Waals surface area contributed by atoms with E-state index in [0.29, 0.717) is 24.5 Å². The molecule has 0 aliphatic carbocycles. The molecule has 0 radical (unpaired) electrons. The number of rotatable bonds is 4. The quantitative estimate of drug-likeness (QED) is 0.799. The second-order valence-corrected chi connectivity index (χ2v) is 7.90. The lowest BCUT2D eigenvalue weighted by Crippen LogP contribution is -2.29. The van der Waals surface area contributed by atoms with Gasteiger partial charge in [-0.2, -0.15) is 16.9 Å². The van der Waals surface area contributed by atoms with Crippen molar-refractivity contribution in [2.75, 3.05) is 40.9 Å². The number of amides is 1. The zero-order valence-electron chi connectivity index (χ0n) is 15.0. The fourth-order valence-corrected chi connectivity index (χ4v) is 4.32. The number of nitrogens with zero attached hydrogens (tertiary/aromatic N) is 5. The standard InChI is InChI=1S/C18H22FN5O2S/c19-16-9-14(3-4-17(16)22-5-1-7-27-8-2-6-22)24-11-15(26-18(24)25)10-23-13-20-12-21-23/h3-4,9,12-13,15H,1-2,5-8,10-11H2/t15-/m0/s1. The highest BCUT2D eigenvalue weighted by Crippen LogP contribution is 2.29. The number of aromatic nitrogens is 3. The molecule has 2 aliphatic heterocycles. The smallest absolute Gasteiger partial charge is 0.414 e. The Balaban J connectivity index is 1.46. The van der Waals surface area contributed by atoms with Crippen LogP contribution in [0.25, 0.3) is 0 Å². The fourth-order valence-electron chi connectivity index (χ4n) is 3.45. The van der Waals surface area contributed by atoms with Crippen LogP contribution in [0.5, 0.6) is 0 Å². The molecule has 1 amide bonds. The molecule has 2 aromatic rings. The minimum absolute atomic E-state index is 0.298. The van der Waals surface area contributed by atoms with Gasteiger partial charge >= 0.3 is 6.09 Å². The SMILES string of the molecule is O=C1O[C@@H](Cn2cncn2)CN1c1ccc(N2CCCSCCC2)c(F)c1. The second kappa shape index (κ2) is 8.16. The van der Waals surface area contributed by atoms with Gasteiger partial charge in [-0.1, -0.05) is 0 Å². The maximum absolute atomic E-state index is 14.8. The largest absolute Gasteiger partial charge is 0.442 e. The van der Waals surface area contributed by atoms with Crippen molar-refractivity contribution >= 4 is 29.2 Å². The molecule has 9 heteroatoms. The van der Waals surface area contributed by atoms with Crippen molar-refractivity contribution < 1.29 is 13.9 Å². The van der Waals surface area contributed by atoms with E-state index in [1.807, 2.05) is 11.8 Å². The van der Waals surface area contributed by atoms with Crippen molar-refractivity contribution in [1.82, 2.24) is 14.8 Å². The van der Waals surface area contributed by atoms with Gasteiger partial charge < -0.3 is 9.64 Å². The first-order valence-corrected chi connectivity index (χ1v) is 10.3. The molecule has 2 saturated heterocycles. The van der Waals surface area contributed by atoms with Crippen LogP contribution in [0.15, 0.2) is 30.9 Å². The van der Waals surface area contributed by atoms with Crippen LogP contribution in [0, 0.1) is 5.82 Å². The first-order chi connectivity index (χ1) is 13.2. The van der Waals surface area contributed by atoms with Gasteiger partial charge in [0.25, 0.3) is 0 Å². The number of anilines is 2. The molecule has 27 heavy (non-hydrogen) atoms. The summed E-state index contributed by atoms with van der Waals surface area (Å²) in [6, 6.07) is 5.00. The molecular weight excluding hydrogens is 369 g/mol. The van der Waals surface area contributed by atoms with E-state index in [0.717, 1.165) is 37.4 Å². The molecule has 0 bridgehead atoms. The Labute approximate surface area is 161 Å². The van der Waals surface area contributed by atoms with Gasteiger partial charge in [0.05, 0.1) is 24.5 Å². The highest BCUT2D eigenvalue weighted by molar-refractivity contribution is 7.99. The number of benzene rings is 1. The third-order valence-corrected chi connectivity index (χ3v) is 5.90. The van der Waals surface area contributed by atoms with Crippen molar-refractivity contribution in [3.63, 3.8) is 0 Å². The van der Waals surface area contributed by atoms with E-state index in [4.69, 9.17) is 4.74 Å². The van der Waals surface area contributed by atoms with E-state index in [9.17, 15) is 9.18 Å². The van der Waals surface area contributed by atoms with E-state index < -0.39 is 6.09 Å². The molecule has 0 spiro atoms. The number of thioether (sulfide) groups is 1. The molecule has 1 aromatic heterocycles. The summed E-state index contributed by atoms with van der Waals surface area (Å²) in [7, 11) is 0. The van der Waals surface area contributed by atoms with Crippen LogP contribution in [0.2, 0.25) is 0 Å². The number of halogens is 1. The Morgan fingerprint density at radius 1 is 1.26 bits per heavy atom. The number of carbonyl (C=O) groups excluding carboxylic acids is 1. The Hall–Kier alpha value is -2.29. The number of ether oxygens (including phenoxy) is 1. The van der Waals surface area contributed by atoms with Crippen molar-refractivity contribution in [2.45, 2.75) is 25.5 Å². The first-order valence-electron chi connectivity index (χ1n) is 9.13. The zero-order valence-corrected chi connectivity index (χ0v) is 15.8. The molecule has 144 valence electrons. The molecule has 4 rings (SSSR count). The summed E-state index contributed by atoms with van der Waals surface area (Å²) in [5.41, 5.74) is 1.13. The molecule has 0 N–H and O–H groups in total. The normalized spacial score (nSPS) is 21.1. The number of hydrogen-bond donors (Lipinski definition) is 0. The third kappa shape index (κ3) is 4.18. The van der Waals surface area contributed by atoms with Crippen LogP contribution in [-0.2, 0) is 11.3 Å². The lowest BCUT2D eigenvalue weighted by molar-refractivity contribution is 0.129. The molecule has 1 aromatic carbocycles. The molecule has 7 nitrogen and oxygen atoms in total. The Bertz CT molecular complexity index is 780. The maximum atomic E-state index is 14.8. The van der Waals surface area contributed by atoms with Gasteiger partial charge in [0.2, 0.25) is 0 Å². The summed E-state index contributed by atoms with van der Waals surface area (Å²) in [4.78, 5) is 19.7. The van der Waals surface area contributed by atoms with Gasteiger partial charge in [-0.05, 0) is 42.5 Å². The van der Waals surface area contributed by atoms with Gasteiger partial charge in [0, 0.05) is 13.1 Å². The third-order valence-electron chi connectivity index (χ3n) is 4.75. The van der Waals surface area contributed by atoms with Gasteiger partial charge in [0.1, 0.15) is 24.6 Å². The lowest BCUT2D eigenvalue weighted by Gasteiger charge is -2.27. The van der Waals surface area contributed by atoms with Crippen LogP contribution in [0.3, 0.4) is 0 Å². The Kier molecular flexibility index (Phi) is 5.47. The van der Waals surface area contributed by atoms with Gasteiger partial charge in [-0.15, -0.1) is 0 Å². The maximum Gasteiger partial charge on any atom is 0.414 e. The van der Waals surface area contributed by atoms with Gasteiger partial charge in [-0.3, -0.25) is 4.90 Å². The molecular formula is C18H22FN5O2S. The lowest BCUT2D eigenvalue weighted by atomic mass is 10.2. The fraction of sp³-hybridized carbons (Fsp3) is 0.500. The second-order valence-electron chi connectivity index (χ2n) is 6.68. The van der Waals surface area contributed by atoms with Crippen LogP contribution in [0.1, 0.15) is 12.8 Å². The molecule has 2 aliphatic rings. The van der Waals surface area contributed by atoms with E-state index in [-0.39, 0.29) is 11.9 Å². The van der Waals surface area contributed by atoms with E-state index in [2.05, 4.69) is 15.0 Å². The summed E-state index contributed by atoms with van der Waals surface area (Å²) in [5.74, 6) is 1.93. The van der Waals surface area contributed by atoms with Crippen molar-refractivity contribution in [1.29, 1.82) is 0 Å². The highest BCUT2D eigenvalue weighted by Gasteiger charge is 2.33. The van der Waals surface area contributed by atoms with Crippen LogP contribution < -0.4 is 9.80 Å². The summed E-state index contributed by atoms with van der Waals surface area (Å²) in [5, 5.41) is 4.02. The van der Waals surface area contributed by atoms with E-state index in [1.165, 1.54) is 17.3 Å². The van der Waals surface area contributed by atoms with Crippen LogP contribution >= 0.6 is 11.8 Å². The van der Waals surface area contributed by atoms with Crippen molar-refractivity contribution in [3.05, 3.63) is 36.7 Å². The first kappa shape index (κ1) is 18.1. The zero-order chi connectivity index (χ0) is 18.6. The molecule has 0 saturated carbocycles. The van der Waals surface area contributed by atoms with Crippen molar-refractivity contribution in [3.8, 4) is 0 Å². The molecule has 3 heterocycles. The summed E-state index contributed by atoms with van der Waals surface area (Å²) in [6.07, 6.45) is 4.31. The Morgan fingerprint density at radius 3 is 2.78 bits per heavy atom. The number of cyclic esters (lactones) is 1. The highest BCUT2D eigenvalue weighted by atomic mass is 32.2. The number of hydrogen-bond acceptors (Lipinski definition) is 6. The van der Waals surface area contributed by atoms with E-state index in [1.54, 1.807) is 23.1 Å². The predicted molar refractivity (Wildman–Crippen MR) is 103 cm³/mol. The van der Waals surface area contributed by atoms with Crippen LogP contribution in [0.4, 0.5) is 20.6 Å². The minimum atomic E-state index is -0.462. The number of carbonyl (C=O) groups is 1. The summed E-state index contributed by atoms with van der Waals surface area (Å²) in [6.45, 7) is 2.50. The van der Waals surface area contributed by atoms with Crippen molar-refractivity contribution in [2.24, 2.45) is 0 Å².